The number of carbonyl (C=O) groups excluding carboxylic acids is 1. The van der Waals surface area contributed by atoms with Gasteiger partial charge in [0.15, 0.2) is 5.82 Å². The van der Waals surface area contributed by atoms with Crippen molar-refractivity contribution in [3.8, 4) is 17.3 Å². The smallest absolute Gasteiger partial charge is 0.235 e. The number of hydrogen-bond acceptors (Lipinski definition) is 8. The van der Waals surface area contributed by atoms with E-state index in [0.717, 1.165) is 51.7 Å². The number of ether oxygens (including phenoxy) is 1. The van der Waals surface area contributed by atoms with Crippen molar-refractivity contribution in [3.63, 3.8) is 0 Å². The molecular formula is C29H39N7O2. The molecule has 4 rings (SSSR count). The number of nitrogens with two attached hydrogens (primary N) is 1. The van der Waals surface area contributed by atoms with Crippen LogP contribution < -0.4 is 15.4 Å². The van der Waals surface area contributed by atoms with Gasteiger partial charge in [-0.05, 0) is 51.7 Å². The molecule has 3 heterocycles. The maximum atomic E-state index is 11.6. The number of piperazine rings is 1. The Labute approximate surface area is 225 Å². The molecule has 1 unspecified atom stereocenters. The Hall–Kier alpha value is -3.59. The highest BCUT2D eigenvalue weighted by molar-refractivity contribution is 5.76. The molecule has 0 saturated carbocycles. The third-order valence-electron chi connectivity index (χ3n) is 7.20. The fourth-order valence-electron chi connectivity index (χ4n) is 4.91. The number of anilines is 1. The molecule has 0 bridgehead atoms. The Morgan fingerprint density at radius 2 is 1.79 bits per heavy atom. The van der Waals surface area contributed by atoms with Crippen molar-refractivity contribution >= 4 is 11.7 Å². The van der Waals surface area contributed by atoms with Gasteiger partial charge in [0, 0.05) is 37.4 Å². The summed E-state index contributed by atoms with van der Waals surface area (Å²) in [4.78, 5) is 35.2. The zero-order chi connectivity index (χ0) is 27.6. The highest BCUT2D eigenvalue weighted by Crippen LogP contribution is 2.31. The minimum absolute atomic E-state index is 0.139. The van der Waals surface area contributed by atoms with Crippen LogP contribution >= 0.6 is 0 Å². The standard InChI is InChI=1S/C29H39N7O2/c1-17(2)24-13-31-22(7)29(33-24)38-16-23-21(6)32-27(26-18(3)9-8-10-19(26)4)34-28(23)36-12-11-35(15-25(30)37)20(5)14-36/h8-10,13,17,20H,11-12,14-16H2,1-7H3,(H2,30,37). The molecule has 3 aromatic rings. The number of rotatable bonds is 8. The van der Waals surface area contributed by atoms with E-state index in [1.54, 1.807) is 6.20 Å². The number of benzene rings is 1. The molecule has 202 valence electrons. The number of hydrogen-bond donors (Lipinski definition) is 1. The van der Waals surface area contributed by atoms with Gasteiger partial charge < -0.3 is 15.4 Å². The average molecular weight is 518 g/mol. The van der Waals surface area contributed by atoms with Gasteiger partial charge in [0.05, 0.1) is 29.2 Å². The third kappa shape index (κ3) is 5.93. The second-order valence-corrected chi connectivity index (χ2v) is 10.6. The lowest BCUT2D eigenvalue weighted by Crippen LogP contribution is -2.54. The van der Waals surface area contributed by atoms with Crippen LogP contribution in [0.2, 0.25) is 0 Å². The van der Waals surface area contributed by atoms with Gasteiger partial charge in [0.2, 0.25) is 11.8 Å². The van der Waals surface area contributed by atoms with E-state index in [1.165, 1.54) is 0 Å². The SMILES string of the molecule is Cc1cccc(C)c1-c1nc(C)c(COc2nc(C(C)C)cnc2C)c(N2CCN(CC(N)=O)C(C)C2)n1. The fourth-order valence-corrected chi connectivity index (χ4v) is 4.91. The summed E-state index contributed by atoms with van der Waals surface area (Å²) >= 11 is 0. The summed E-state index contributed by atoms with van der Waals surface area (Å²) in [6, 6.07) is 6.37. The number of aromatic nitrogens is 4. The van der Waals surface area contributed by atoms with E-state index in [0.29, 0.717) is 24.8 Å². The monoisotopic (exact) mass is 517 g/mol. The highest BCUT2D eigenvalue weighted by atomic mass is 16.5. The van der Waals surface area contributed by atoms with E-state index >= 15 is 0 Å². The van der Waals surface area contributed by atoms with E-state index in [9.17, 15) is 4.79 Å². The quantitative estimate of drug-likeness (QED) is 0.480. The van der Waals surface area contributed by atoms with Crippen molar-refractivity contribution in [2.75, 3.05) is 31.1 Å². The van der Waals surface area contributed by atoms with Crippen molar-refractivity contribution in [2.45, 2.75) is 67.0 Å². The first kappa shape index (κ1) is 27.4. The molecule has 0 radical (unpaired) electrons. The van der Waals surface area contributed by atoms with Gasteiger partial charge in [-0.1, -0.05) is 32.0 Å². The molecule has 1 aliphatic heterocycles. The first-order chi connectivity index (χ1) is 18.0. The van der Waals surface area contributed by atoms with Crippen LogP contribution in [0.3, 0.4) is 0 Å². The Kier molecular flexibility index (Phi) is 8.26. The summed E-state index contributed by atoms with van der Waals surface area (Å²) in [5.41, 5.74) is 12.2. The van der Waals surface area contributed by atoms with Crippen molar-refractivity contribution in [1.29, 1.82) is 0 Å². The summed E-state index contributed by atoms with van der Waals surface area (Å²) < 4.78 is 6.27. The third-order valence-corrected chi connectivity index (χ3v) is 7.20. The highest BCUT2D eigenvalue weighted by Gasteiger charge is 2.28. The van der Waals surface area contributed by atoms with Gasteiger partial charge >= 0.3 is 0 Å². The predicted octanol–water partition coefficient (Wildman–Crippen LogP) is 3.87. The number of amides is 1. The molecule has 1 fully saturated rings. The molecule has 2 aromatic heterocycles. The number of nitrogens with zero attached hydrogens (tertiary/aromatic N) is 6. The molecule has 2 N–H and O–H groups in total. The molecule has 38 heavy (non-hydrogen) atoms. The number of aryl methyl sites for hydroxylation is 4. The van der Waals surface area contributed by atoms with Gasteiger partial charge in [0.1, 0.15) is 12.4 Å². The molecule has 1 saturated heterocycles. The molecule has 1 aliphatic rings. The van der Waals surface area contributed by atoms with Gasteiger partial charge in [-0.3, -0.25) is 14.7 Å². The molecule has 1 atom stereocenters. The zero-order valence-electron chi connectivity index (χ0n) is 23.6. The Morgan fingerprint density at radius 1 is 1.08 bits per heavy atom. The minimum Gasteiger partial charge on any atom is -0.471 e. The van der Waals surface area contributed by atoms with Gasteiger partial charge in [-0.15, -0.1) is 0 Å². The molecular weight excluding hydrogens is 478 g/mol. The van der Waals surface area contributed by atoms with Crippen LogP contribution in [0.1, 0.15) is 60.5 Å². The molecule has 0 aliphatic carbocycles. The summed E-state index contributed by atoms with van der Waals surface area (Å²) in [6.45, 7) is 17.1. The average Bonchev–Trinajstić information content (AvgIpc) is 2.84. The summed E-state index contributed by atoms with van der Waals surface area (Å²) in [6.07, 6.45) is 1.80. The largest absolute Gasteiger partial charge is 0.471 e. The van der Waals surface area contributed by atoms with Crippen molar-refractivity contribution in [3.05, 3.63) is 58.2 Å². The first-order valence-corrected chi connectivity index (χ1v) is 13.2. The summed E-state index contributed by atoms with van der Waals surface area (Å²) in [5.74, 6) is 2.03. The lowest BCUT2D eigenvalue weighted by atomic mass is 10.0. The Morgan fingerprint density at radius 3 is 2.42 bits per heavy atom. The first-order valence-electron chi connectivity index (χ1n) is 13.2. The molecule has 1 aromatic carbocycles. The lowest BCUT2D eigenvalue weighted by molar-refractivity contribution is -0.119. The van der Waals surface area contributed by atoms with E-state index in [-0.39, 0.29) is 31.0 Å². The van der Waals surface area contributed by atoms with Gasteiger partial charge in [-0.25, -0.2) is 15.0 Å². The molecule has 0 spiro atoms. The van der Waals surface area contributed by atoms with Crippen LogP contribution in [-0.2, 0) is 11.4 Å². The van der Waals surface area contributed by atoms with Crippen LogP contribution in [0.25, 0.3) is 11.4 Å². The topological polar surface area (TPSA) is 110 Å². The van der Waals surface area contributed by atoms with Crippen LogP contribution in [0.15, 0.2) is 24.4 Å². The normalized spacial score (nSPS) is 16.2. The second kappa shape index (κ2) is 11.4. The van der Waals surface area contributed by atoms with Gasteiger partial charge in [0.25, 0.3) is 0 Å². The maximum Gasteiger partial charge on any atom is 0.235 e. The minimum atomic E-state index is -0.310. The molecule has 9 heteroatoms. The lowest BCUT2D eigenvalue weighted by Gasteiger charge is -2.40. The van der Waals surface area contributed by atoms with Crippen LogP contribution in [0.4, 0.5) is 5.82 Å². The predicted molar refractivity (Wildman–Crippen MR) is 149 cm³/mol. The second-order valence-electron chi connectivity index (χ2n) is 10.6. The Bertz CT molecular complexity index is 1300. The Balaban J connectivity index is 1.73. The van der Waals surface area contributed by atoms with E-state index in [4.69, 9.17) is 25.4 Å². The van der Waals surface area contributed by atoms with E-state index in [1.807, 2.05) is 13.8 Å². The van der Waals surface area contributed by atoms with Crippen LogP contribution in [-0.4, -0.2) is 63.0 Å². The summed E-state index contributed by atoms with van der Waals surface area (Å²) in [7, 11) is 0. The number of carbonyl (C=O) groups is 1. The van der Waals surface area contributed by atoms with Crippen molar-refractivity contribution in [2.24, 2.45) is 5.73 Å². The fraction of sp³-hybridized carbons (Fsp3) is 0.483. The van der Waals surface area contributed by atoms with Crippen molar-refractivity contribution < 1.29 is 9.53 Å². The van der Waals surface area contributed by atoms with Crippen molar-refractivity contribution in [1.82, 2.24) is 24.8 Å². The summed E-state index contributed by atoms with van der Waals surface area (Å²) in [5, 5.41) is 0. The van der Waals surface area contributed by atoms with E-state index in [2.05, 4.69) is 67.6 Å². The molecule has 9 nitrogen and oxygen atoms in total. The number of primary amides is 1. The zero-order valence-corrected chi connectivity index (χ0v) is 23.6. The van der Waals surface area contributed by atoms with Gasteiger partial charge in [-0.2, -0.15) is 0 Å². The maximum absolute atomic E-state index is 11.6. The van der Waals surface area contributed by atoms with E-state index < -0.39 is 0 Å². The molecule has 1 amide bonds. The van der Waals surface area contributed by atoms with Crippen LogP contribution in [0.5, 0.6) is 5.88 Å². The van der Waals surface area contributed by atoms with Crippen LogP contribution in [0, 0.1) is 27.7 Å².